The summed E-state index contributed by atoms with van der Waals surface area (Å²) in [4.78, 5) is 36.4. The van der Waals surface area contributed by atoms with Crippen molar-refractivity contribution in [3.05, 3.63) is 23.8 Å². The van der Waals surface area contributed by atoms with E-state index in [4.69, 9.17) is 0 Å². The summed E-state index contributed by atoms with van der Waals surface area (Å²) in [5.41, 5.74) is 1.09. The number of amides is 2. The molecule has 1 aromatic rings. The molecule has 1 rings (SSSR count). The Morgan fingerprint density at radius 2 is 1.88 bits per heavy atom. The van der Waals surface area contributed by atoms with E-state index in [0.717, 1.165) is 25.1 Å². The number of hydrogen-bond donors (Lipinski definition) is 1. The van der Waals surface area contributed by atoms with Crippen LogP contribution in [0.25, 0.3) is 0 Å². The number of aromatic nitrogens is 2. The molecule has 0 aliphatic heterocycles. The van der Waals surface area contributed by atoms with Crippen LogP contribution in [0, 0.1) is 6.92 Å². The van der Waals surface area contributed by atoms with Gasteiger partial charge in [-0.25, -0.2) is 4.98 Å². The molecule has 0 saturated heterocycles. The molecule has 0 aromatic carbocycles. The number of hydrogen-bond acceptors (Lipinski definition) is 5. The molecule has 2 amide bonds. The lowest BCUT2D eigenvalue weighted by molar-refractivity contribution is -0.121. The van der Waals surface area contributed by atoms with E-state index in [9.17, 15) is 9.59 Å². The Bertz CT molecular complexity index is 516. The number of nitrogens with zero attached hydrogens (tertiary/aromatic N) is 4. The average Bonchev–Trinajstić information content (AvgIpc) is 2.54. The highest BCUT2D eigenvalue weighted by Gasteiger charge is 2.18. The van der Waals surface area contributed by atoms with Crippen LogP contribution < -0.4 is 5.32 Å². The number of carbonyl (C=O) groups excluding carboxylic acids is 2. The van der Waals surface area contributed by atoms with Crippen LogP contribution >= 0.6 is 0 Å². The molecule has 134 valence electrons. The van der Waals surface area contributed by atoms with Crippen molar-refractivity contribution in [2.24, 2.45) is 0 Å². The minimum absolute atomic E-state index is 0.0406. The van der Waals surface area contributed by atoms with Gasteiger partial charge in [-0.3, -0.25) is 14.6 Å². The second-order valence-corrected chi connectivity index (χ2v) is 6.09. The highest BCUT2D eigenvalue weighted by atomic mass is 16.2. The van der Waals surface area contributed by atoms with Crippen molar-refractivity contribution in [1.29, 1.82) is 0 Å². The van der Waals surface area contributed by atoms with Gasteiger partial charge in [-0.1, -0.05) is 13.3 Å². The zero-order valence-corrected chi connectivity index (χ0v) is 15.2. The summed E-state index contributed by atoms with van der Waals surface area (Å²) in [7, 11) is 3.92. The van der Waals surface area contributed by atoms with Crippen molar-refractivity contribution in [2.75, 3.05) is 40.3 Å². The van der Waals surface area contributed by atoms with Crippen LogP contribution in [-0.4, -0.2) is 71.9 Å². The molecule has 24 heavy (non-hydrogen) atoms. The lowest BCUT2D eigenvalue weighted by atomic mass is 10.2. The SMILES string of the molecule is CCCCN(CCC(=O)NCCN(C)C)C(=O)c1cnc(C)cn1. The summed E-state index contributed by atoms with van der Waals surface area (Å²) < 4.78 is 0. The minimum atomic E-state index is -0.169. The maximum Gasteiger partial charge on any atom is 0.274 e. The van der Waals surface area contributed by atoms with E-state index in [1.54, 1.807) is 11.1 Å². The Labute approximate surface area is 144 Å². The maximum absolute atomic E-state index is 12.6. The van der Waals surface area contributed by atoms with E-state index in [1.807, 2.05) is 25.9 Å². The molecule has 0 aliphatic carbocycles. The Morgan fingerprint density at radius 1 is 1.12 bits per heavy atom. The third kappa shape index (κ3) is 7.50. The van der Waals surface area contributed by atoms with Crippen molar-refractivity contribution in [3.63, 3.8) is 0 Å². The molecule has 0 bridgehead atoms. The monoisotopic (exact) mass is 335 g/mol. The number of likely N-dealkylation sites (N-methyl/N-ethyl adjacent to an activating group) is 1. The topological polar surface area (TPSA) is 78.4 Å². The van der Waals surface area contributed by atoms with Gasteiger partial charge >= 0.3 is 0 Å². The average molecular weight is 335 g/mol. The van der Waals surface area contributed by atoms with Gasteiger partial charge in [0.1, 0.15) is 5.69 Å². The van der Waals surface area contributed by atoms with Crippen molar-refractivity contribution in [2.45, 2.75) is 33.1 Å². The number of rotatable bonds is 10. The first kappa shape index (κ1) is 20.0. The molecule has 0 saturated carbocycles. The van der Waals surface area contributed by atoms with E-state index >= 15 is 0 Å². The molecule has 1 N–H and O–H groups in total. The number of aryl methyl sites for hydroxylation is 1. The summed E-state index contributed by atoms with van der Waals surface area (Å²) in [6, 6.07) is 0. The van der Waals surface area contributed by atoms with Gasteiger partial charge in [-0.15, -0.1) is 0 Å². The Morgan fingerprint density at radius 3 is 2.46 bits per heavy atom. The third-order valence-electron chi connectivity index (χ3n) is 3.56. The molecule has 7 nitrogen and oxygen atoms in total. The van der Waals surface area contributed by atoms with Crippen LogP contribution in [0.1, 0.15) is 42.4 Å². The number of carbonyl (C=O) groups is 2. The Kier molecular flexibility index (Phi) is 8.93. The molecule has 0 radical (unpaired) electrons. The second kappa shape index (κ2) is 10.7. The van der Waals surface area contributed by atoms with Gasteiger partial charge in [-0.05, 0) is 27.4 Å². The molecular weight excluding hydrogens is 306 g/mol. The molecule has 0 unspecified atom stereocenters. The van der Waals surface area contributed by atoms with Crippen molar-refractivity contribution in [1.82, 2.24) is 25.1 Å². The summed E-state index contributed by atoms with van der Waals surface area (Å²) >= 11 is 0. The predicted octanol–water partition coefficient (Wildman–Crippen LogP) is 1.10. The fourth-order valence-electron chi connectivity index (χ4n) is 2.07. The zero-order chi connectivity index (χ0) is 17.9. The first-order valence-corrected chi connectivity index (χ1v) is 8.43. The first-order chi connectivity index (χ1) is 11.4. The Hall–Kier alpha value is -2.02. The van der Waals surface area contributed by atoms with E-state index in [-0.39, 0.29) is 11.8 Å². The lowest BCUT2D eigenvalue weighted by Gasteiger charge is -2.22. The van der Waals surface area contributed by atoms with E-state index < -0.39 is 0 Å². The zero-order valence-electron chi connectivity index (χ0n) is 15.2. The largest absolute Gasteiger partial charge is 0.355 e. The third-order valence-corrected chi connectivity index (χ3v) is 3.56. The molecule has 0 atom stereocenters. The normalized spacial score (nSPS) is 10.7. The summed E-state index contributed by atoms with van der Waals surface area (Å²) in [6.45, 7) is 6.32. The van der Waals surface area contributed by atoms with Crippen LogP contribution in [0.15, 0.2) is 12.4 Å². The fourth-order valence-corrected chi connectivity index (χ4v) is 2.07. The van der Waals surface area contributed by atoms with Gasteiger partial charge in [-0.2, -0.15) is 0 Å². The van der Waals surface area contributed by atoms with E-state index in [2.05, 4.69) is 22.2 Å². The van der Waals surface area contributed by atoms with Crippen LogP contribution in [0.3, 0.4) is 0 Å². The van der Waals surface area contributed by atoms with Crippen molar-refractivity contribution < 1.29 is 9.59 Å². The van der Waals surface area contributed by atoms with E-state index in [1.165, 1.54) is 6.20 Å². The van der Waals surface area contributed by atoms with Crippen LogP contribution in [0.5, 0.6) is 0 Å². The summed E-state index contributed by atoms with van der Waals surface area (Å²) in [5.74, 6) is -0.210. The van der Waals surface area contributed by atoms with Gasteiger partial charge in [0.2, 0.25) is 5.91 Å². The fraction of sp³-hybridized carbons (Fsp3) is 0.647. The first-order valence-electron chi connectivity index (χ1n) is 8.43. The van der Waals surface area contributed by atoms with E-state index in [0.29, 0.717) is 31.7 Å². The molecule has 0 spiro atoms. The molecule has 0 fully saturated rings. The second-order valence-electron chi connectivity index (χ2n) is 6.09. The van der Waals surface area contributed by atoms with Crippen molar-refractivity contribution >= 4 is 11.8 Å². The maximum atomic E-state index is 12.6. The number of unbranched alkanes of at least 4 members (excludes halogenated alkanes) is 1. The molecule has 7 heteroatoms. The van der Waals surface area contributed by atoms with Gasteiger partial charge in [0.15, 0.2) is 0 Å². The highest BCUT2D eigenvalue weighted by molar-refractivity contribution is 5.92. The summed E-state index contributed by atoms with van der Waals surface area (Å²) in [5, 5.41) is 2.87. The van der Waals surface area contributed by atoms with Gasteiger partial charge in [0.05, 0.1) is 11.9 Å². The highest BCUT2D eigenvalue weighted by Crippen LogP contribution is 2.05. The smallest absolute Gasteiger partial charge is 0.274 e. The van der Waals surface area contributed by atoms with Crippen LogP contribution in [0.4, 0.5) is 0 Å². The molecule has 0 aliphatic rings. The van der Waals surface area contributed by atoms with Crippen LogP contribution in [0.2, 0.25) is 0 Å². The summed E-state index contributed by atoms with van der Waals surface area (Å²) in [6.07, 6.45) is 5.25. The molecular formula is C17H29N5O2. The van der Waals surface area contributed by atoms with Gasteiger partial charge in [0, 0.05) is 38.8 Å². The van der Waals surface area contributed by atoms with Crippen molar-refractivity contribution in [3.8, 4) is 0 Å². The predicted molar refractivity (Wildman–Crippen MR) is 93.8 cm³/mol. The Balaban J connectivity index is 2.56. The van der Waals surface area contributed by atoms with Crippen LogP contribution in [-0.2, 0) is 4.79 Å². The number of nitrogens with one attached hydrogen (secondary N) is 1. The standard InChI is InChI=1S/C17H29N5O2/c1-5-6-9-22(10-7-16(23)18-8-11-21(3)4)17(24)15-13-19-14(2)12-20-15/h12-13H,5-11H2,1-4H3,(H,18,23). The molecule has 1 heterocycles. The molecule has 1 aromatic heterocycles. The van der Waals surface area contributed by atoms with Gasteiger partial charge in [0.25, 0.3) is 5.91 Å². The lowest BCUT2D eigenvalue weighted by Crippen LogP contribution is -2.37. The van der Waals surface area contributed by atoms with Gasteiger partial charge < -0.3 is 15.1 Å². The quantitative estimate of drug-likeness (QED) is 0.693. The minimum Gasteiger partial charge on any atom is -0.355 e.